The molecule has 1 unspecified atom stereocenters. The van der Waals surface area contributed by atoms with Gasteiger partial charge in [-0.1, -0.05) is 124 Å². The Kier molecular flexibility index (Phi) is 11.4. The fourth-order valence-corrected chi connectivity index (χ4v) is 6.65. The molecule has 0 saturated carbocycles. The van der Waals surface area contributed by atoms with E-state index in [1.165, 1.54) is 127 Å². The smallest absolute Gasteiger partial charge is 0.0416 e. The number of hydrogen-bond donors (Lipinski definition) is 0. The van der Waals surface area contributed by atoms with Crippen LogP contribution in [-0.2, 0) is 0 Å². The lowest BCUT2D eigenvalue weighted by Crippen LogP contribution is -2.30. The van der Waals surface area contributed by atoms with E-state index in [-0.39, 0.29) is 5.41 Å². The molecule has 193 valence electrons. The molecule has 0 aliphatic heterocycles. The molecule has 1 atom stereocenters. The number of hydrogen-bond acceptors (Lipinski definition) is 0. The van der Waals surface area contributed by atoms with Crippen molar-refractivity contribution < 1.29 is 0 Å². The van der Waals surface area contributed by atoms with E-state index in [9.17, 15) is 0 Å². The minimum atomic E-state index is -0.0541. The summed E-state index contributed by atoms with van der Waals surface area (Å²) in [5, 5.41) is 0. The second-order valence-electron chi connectivity index (χ2n) is 11.2. The molecule has 4 aliphatic carbocycles. The fourth-order valence-electron chi connectivity index (χ4n) is 6.65. The lowest BCUT2D eigenvalue weighted by atomic mass is 9.60. The highest BCUT2D eigenvalue weighted by molar-refractivity contribution is 5.55. The molecule has 0 aromatic rings. The Bertz CT molecular complexity index is 925. The van der Waals surface area contributed by atoms with Gasteiger partial charge < -0.3 is 0 Å². The summed E-state index contributed by atoms with van der Waals surface area (Å²) in [5.74, 6) is 0. The molecule has 0 N–H and O–H groups in total. The van der Waals surface area contributed by atoms with Gasteiger partial charge in [-0.15, -0.1) is 0 Å². The molecule has 0 aromatic heterocycles. The maximum Gasteiger partial charge on any atom is 0.0416 e. The van der Waals surface area contributed by atoms with Crippen molar-refractivity contribution in [1.29, 1.82) is 0 Å². The fraction of sp³-hybridized carbons (Fsp3) is 0.556. The summed E-state index contributed by atoms with van der Waals surface area (Å²) in [6.45, 7) is 0. The summed E-state index contributed by atoms with van der Waals surface area (Å²) in [5.41, 5.74) is 6.23. The lowest BCUT2D eigenvalue weighted by molar-refractivity contribution is 0.416. The first-order chi connectivity index (χ1) is 17.9. The van der Waals surface area contributed by atoms with Crippen molar-refractivity contribution >= 4 is 0 Å². The van der Waals surface area contributed by atoms with Crippen LogP contribution in [0.3, 0.4) is 0 Å². The van der Waals surface area contributed by atoms with Gasteiger partial charge >= 0.3 is 0 Å². The van der Waals surface area contributed by atoms with Crippen molar-refractivity contribution in [3.05, 3.63) is 95.2 Å². The van der Waals surface area contributed by atoms with Crippen LogP contribution in [0.15, 0.2) is 89.1 Å². The molecule has 0 amide bonds. The second kappa shape index (κ2) is 15.2. The summed E-state index contributed by atoms with van der Waals surface area (Å²) in [4.78, 5) is 0. The summed E-state index contributed by atoms with van der Waals surface area (Å²) in [7, 11) is 0. The third-order valence-electron chi connectivity index (χ3n) is 8.61. The highest BCUT2D eigenvalue weighted by atomic mass is 14.4. The zero-order valence-electron chi connectivity index (χ0n) is 22.8. The molecule has 0 fully saturated rings. The Balaban J connectivity index is 1.92. The van der Waals surface area contributed by atoms with Crippen molar-refractivity contribution in [3.8, 4) is 0 Å². The van der Waals surface area contributed by atoms with Crippen molar-refractivity contribution in [2.45, 2.75) is 122 Å². The molecule has 4 rings (SSSR count). The van der Waals surface area contributed by atoms with E-state index < -0.39 is 0 Å². The standard InChI is InChI=1S/C36H49/c1-2-9-17-25-32(24-16-8-1)35-30-22-14-5-6-15-23-31-36(35,34-28-20-12-7-13-21-29-34)33-26-18-10-3-4-11-19-27-33/h7-8,12-13,16,20-21,24,26,28-29H,1-6,9-11,14-15,17-19,22-23,25,27,31H2/b12-7-,13-7?,16-8+,20-12?,21-13-,28-20-,29-21?,32-24-,33-26+,34-28?,34-29+,35-30?. The van der Waals surface area contributed by atoms with Crippen LogP contribution in [0, 0.1) is 11.5 Å². The van der Waals surface area contributed by atoms with Crippen LogP contribution in [0.4, 0.5) is 0 Å². The first-order valence-corrected chi connectivity index (χ1v) is 15.3. The Morgan fingerprint density at radius 3 is 2.28 bits per heavy atom. The summed E-state index contributed by atoms with van der Waals surface area (Å²) < 4.78 is 0. The third-order valence-corrected chi connectivity index (χ3v) is 8.61. The molecule has 0 aromatic carbocycles. The van der Waals surface area contributed by atoms with Crippen molar-refractivity contribution in [1.82, 2.24) is 0 Å². The van der Waals surface area contributed by atoms with Crippen molar-refractivity contribution in [2.24, 2.45) is 5.41 Å². The van der Waals surface area contributed by atoms with E-state index >= 15 is 0 Å². The van der Waals surface area contributed by atoms with Crippen LogP contribution in [0.25, 0.3) is 0 Å². The first kappa shape index (κ1) is 27.0. The Morgan fingerprint density at radius 2 is 1.31 bits per heavy atom. The molecule has 0 bridgehead atoms. The van der Waals surface area contributed by atoms with E-state index in [1.54, 1.807) is 11.1 Å². The summed E-state index contributed by atoms with van der Waals surface area (Å²) in [6.07, 6.45) is 54.7. The highest BCUT2D eigenvalue weighted by Gasteiger charge is 2.41. The van der Waals surface area contributed by atoms with Gasteiger partial charge in [0.05, 0.1) is 0 Å². The molecular formula is C36H49. The Labute approximate surface area is 222 Å². The third kappa shape index (κ3) is 7.47. The monoisotopic (exact) mass is 481 g/mol. The number of rotatable bonds is 3. The molecule has 0 heteroatoms. The SMILES string of the molecule is [C]1=C(/C2=C\C=C\CCCCC2)C(C2=C/C=C\C=C/C=C\2)(/C2=C/CCCCCCC2)CCCCCCC/1. The van der Waals surface area contributed by atoms with Crippen LogP contribution in [0.2, 0.25) is 0 Å². The molecule has 0 nitrogen and oxygen atoms in total. The number of allylic oxidation sites excluding steroid dienone is 16. The predicted molar refractivity (Wildman–Crippen MR) is 158 cm³/mol. The Morgan fingerprint density at radius 1 is 0.583 bits per heavy atom. The molecule has 4 aliphatic rings. The summed E-state index contributed by atoms with van der Waals surface area (Å²) in [6, 6.07) is 0. The maximum absolute atomic E-state index is 4.16. The van der Waals surface area contributed by atoms with Gasteiger partial charge in [0.1, 0.15) is 0 Å². The quantitative estimate of drug-likeness (QED) is 0.352. The van der Waals surface area contributed by atoms with Gasteiger partial charge in [0.25, 0.3) is 0 Å². The van der Waals surface area contributed by atoms with Gasteiger partial charge in [-0.2, -0.15) is 0 Å². The minimum absolute atomic E-state index is 0.0541. The van der Waals surface area contributed by atoms with E-state index in [0.29, 0.717) is 0 Å². The highest BCUT2D eigenvalue weighted by Crippen LogP contribution is 2.53. The van der Waals surface area contributed by atoms with E-state index in [1.807, 2.05) is 0 Å². The van der Waals surface area contributed by atoms with Gasteiger partial charge in [0.15, 0.2) is 0 Å². The van der Waals surface area contributed by atoms with E-state index in [4.69, 9.17) is 0 Å². The summed E-state index contributed by atoms with van der Waals surface area (Å²) >= 11 is 0. The second-order valence-corrected chi connectivity index (χ2v) is 11.2. The van der Waals surface area contributed by atoms with Crippen LogP contribution < -0.4 is 0 Å². The Hall–Kier alpha value is -2.08. The topological polar surface area (TPSA) is 0 Å². The zero-order valence-corrected chi connectivity index (χ0v) is 22.8. The lowest BCUT2D eigenvalue weighted by Gasteiger charge is -2.42. The largest absolute Gasteiger partial charge is 0.0845 e. The molecule has 36 heavy (non-hydrogen) atoms. The van der Waals surface area contributed by atoms with Crippen LogP contribution in [0.1, 0.15) is 122 Å². The normalized spacial score (nSPS) is 36.7. The molecular weight excluding hydrogens is 432 g/mol. The van der Waals surface area contributed by atoms with Gasteiger partial charge in [0.2, 0.25) is 0 Å². The van der Waals surface area contributed by atoms with Gasteiger partial charge in [-0.05, 0) is 93.4 Å². The van der Waals surface area contributed by atoms with Gasteiger partial charge in [-0.25, -0.2) is 0 Å². The van der Waals surface area contributed by atoms with E-state index in [2.05, 4.69) is 72.9 Å². The van der Waals surface area contributed by atoms with E-state index in [0.717, 1.165) is 6.42 Å². The molecule has 0 saturated heterocycles. The van der Waals surface area contributed by atoms with Crippen LogP contribution in [-0.4, -0.2) is 0 Å². The average Bonchev–Trinajstić information content (AvgIpc) is 3.10. The molecule has 0 heterocycles. The first-order valence-electron chi connectivity index (χ1n) is 15.3. The van der Waals surface area contributed by atoms with Gasteiger partial charge in [0, 0.05) is 5.41 Å². The van der Waals surface area contributed by atoms with Crippen molar-refractivity contribution in [3.63, 3.8) is 0 Å². The van der Waals surface area contributed by atoms with Crippen LogP contribution in [0.5, 0.6) is 0 Å². The van der Waals surface area contributed by atoms with Crippen LogP contribution >= 0.6 is 0 Å². The molecule has 0 spiro atoms. The minimum Gasteiger partial charge on any atom is -0.0845 e. The van der Waals surface area contributed by atoms with Crippen molar-refractivity contribution in [2.75, 3.05) is 0 Å². The maximum atomic E-state index is 4.16. The predicted octanol–water partition coefficient (Wildman–Crippen LogP) is 11.2. The van der Waals surface area contributed by atoms with Gasteiger partial charge in [-0.3, -0.25) is 0 Å². The average molecular weight is 482 g/mol. The zero-order chi connectivity index (χ0) is 24.7. The molecule has 1 radical (unpaired) electrons.